The highest BCUT2D eigenvalue weighted by atomic mass is 16.6. The molecule has 148 valence electrons. The van der Waals surface area contributed by atoms with E-state index in [1.165, 1.54) is 12.3 Å². The van der Waals surface area contributed by atoms with Crippen molar-refractivity contribution >= 4 is 23.4 Å². The van der Waals surface area contributed by atoms with Crippen LogP contribution >= 0.6 is 0 Å². The van der Waals surface area contributed by atoms with E-state index >= 15 is 0 Å². The Labute approximate surface area is 158 Å². The molecule has 0 saturated carbocycles. The van der Waals surface area contributed by atoms with Gasteiger partial charge in [0.15, 0.2) is 5.82 Å². The third kappa shape index (κ3) is 4.50. The number of hydrogen-bond donors (Lipinski definition) is 2. The zero-order valence-electron chi connectivity index (χ0n) is 15.3. The number of nitrogens with one attached hydrogen (secondary N) is 1. The number of nitrogens with zero attached hydrogens (tertiary/aromatic N) is 3. The lowest BCUT2D eigenvalue weighted by molar-refractivity contribution is -0.384. The van der Waals surface area contributed by atoms with Crippen molar-refractivity contribution in [2.75, 3.05) is 12.4 Å². The predicted octanol–water partition coefficient (Wildman–Crippen LogP) is 1.51. The maximum Gasteiger partial charge on any atom is 0.338 e. The molecule has 2 rings (SSSR count). The molecule has 0 spiro atoms. The zero-order valence-corrected chi connectivity index (χ0v) is 15.3. The lowest BCUT2D eigenvalue weighted by Gasteiger charge is -2.15. The maximum absolute atomic E-state index is 12.7. The van der Waals surface area contributed by atoms with Crippen molar-refractivity contribution in [1.82, 2.24) is 9.55 Å². The second-order valence-corrected chi connectivity index (χ2v) is 6.09. The molecule has 0 aliphatic heterocycles. The first-order chi connectivity index (χ1) is 13.1. The van der Waals surface area contributed by atoms with Crippen LogP contribution in [0.1, 0.15) is 24.2 Å². The molecular formula is C17H18N4O7. The van der Waals surface area contributed by atoms with Gasteiger partial charge in [0.2, 0.25) is 0 Å². The molecule has 1 aromatic carbocycles. The number of rotatable bonds is 7. The van der Waals surface area contributed by atoms with Crippen LogP contribution in [0.5, 0.6) is 0 Å². The molecule has 11 nitrogen and oxygen atoms in total. The summed E-state index contributed by atoms with van der Waals surface area (Å²) in [6.45, 7) is 2.86. The van der Waals surface area contributed by atoms with Gasteiger partial charge in [-0.15, -0.1) is 0 Å². The Kier molecular flexibility index (Phi) is 6.08. The van der Waals surface area contributed by atoms with Gasteiger partial charge in [-0.2, -0.15) is 0 Å². The second-order valence-electron chi connectivity index (χ2n) is 6.09. The SMILES string of the molecule is COC(=O)c1cc(-c2cnc(NC(C)C)c(=O)n2CC(=O)O)cc([N+](=O)[O-])c1. The van der Waals surface area contributed by atoms with Crippen LogP contribution in [0.4, 0.5) is 11.5 Å². The fraction of sp³-hybridized carbons (Fsp3) is 0.294. The Hall–Kier alpha value is -3.76. The summed E-state index contributed by atoms with van der Waals surface area (Å²) in [6, 6.07) is 3.28. The van der Waals surface area contributed by atoms with Gasteiger partial charge in [0, 0.05) is 23.7 Å². The maximum atomic E-state index is 12.7. The first-order valence-corrected chi connectivity index (χ1v) is 8.10. The van der Waals surface area contributed by atoms with Gasteiger partial charge in [0.25, 0.3) is 11.2 Å². The average molecular weight is 390 g/mol. The number of nitro groups is 1. The van der Waals surface area contributed by atoms with Gasteiger partial charge in [-0.05, 0) is 19.9 Å². The summed E-state index contributed by atoms with van der Waals surface area (Å²) in [6.07, 6.45) is 1.22. The molecule has 0 aliphatic rings. The molecule has 0 bridgehead atoms. The van der Waals surface area contributed by atoms with Crippen molar-refractivity contribution in [3.63, 3.8) is 0 Å². The topological polar surface area (TPSA) is 154 Å². The van der Waals surface area contributed by atoms with Crippen LogP contribution in [0.3, 0.4) is 0 Å². The highest BCUT2D eigenvalue weighted by Gasteiger charge is 2.20. The number of aliphatic carboxylic acids is 1. The van der Waals surface area contributed by atoms with Crippen LogP contribution in [0.25, 0.3) is 11.3 Å². The number of carbonyl (C=O) groups is 2. The number of carboxylic acid groups (broad SMARTS) is 1. The van der Waals surface area contributed by atoms with Crippen molar-refractivity contribution in [3.8, 4) is 11.3 Å². The van der Waals surface area contributed by atoms with E-state index in [-0.39, 0.29) is 28.7 Å². The van der Waals surface area contributed by atoms with Gasteiger partial charge >= 0.3 is 11.9 Å². The highest BCUT2D eigenvalue weighted by Crippen LogP contribution is 2.26. The summed E-state index contributed by atoms with van der Waals surface area (Å²) in [5.41, 5.74) is -1.16. The van der Waals surface area contributed by atoms with Crippen molar-refractivity contribution in [2.45, 2.75) is 26.4 Å². The van der Waals surface area contributed by atoms with Gasteiger partial charge in [0.1, 0.15) is 6.54 Å². The monoisotopic (exact) mass is 390 g/mol. The summed E-state index contributed by atoms with van der Waals surface area (Å²) in [4.78, 5) is 50.3. The largest absolute Gasteiger partial charge is 0.480 e. The quantitative estimate of drug-likeness (QED) is 0.407. The molecule has 1 aromatic heterocycles. The molecule has 2 N–H and O–H groups in total. The number of ether oxygens (including phenoxy) is 1. The summed E-state index contributed by atoms with van der Waals surface area (Å²) >= 11 is 0. The highest BCUT2D eigenvalue weighted by molar-refractivity contribution is 5.92. The second kappa shape index (κ2) is 8.29. The molecule has 0 atom stereocenters. The number of methoxy groups -OCH3 is 1. The average Bonchev–Trinajstić information content (AvgIpc) is 2.63. The fourth-order valence-electron chi connectivity index (χ4n) is 2.48. The van der Waals surface area contributed by atoms with E-state index < -0.39 is 34.7 Å². The Morgan fingerprint density at radius 1 is 1.36 bits per heavy atom. The van der Waals surface area contributed by atoms with Crippen molar-refractivity contribution in [3.05, 3.63) is 50.4 Å². The van der Waals surface area contributed by atoms with Gasteiger partial charge in [0.05, 0.1) is 29.5 Å². The van der Waals surface area contributed by atoms with Gasteiger partial charge < -0.3 is 15.2 Å². The number of aromatic nitrogens is 2. The third-order valence-electron chi connectivity index (χ3n) is 3.62. The fourth-order valence-corrected chi connectivity index (χ4v) is 2.48. The molecule has 1 heterocycles. The molecule has 0 fully saturated rings. The molecule has 0 aliphatic carbocycles. The van der Waals surface area contributed by atoms with E-state index in [0.717, 1.165) is 23.8 Å². The number of carbonyl (C=O) groups excluding carboxylic acids is 1. The molecule has 0 radical (unpaired) electrons. The van der Waals surface area contributed by atoms with Gasteiger partial charge in [-0.3, -0.25) is 24.3 Å². The molecular weight excluding hydrogens is 372 g/mol. The van der Waals surface area contributed by atoms with Crippen LogP contribution in [0.15, 0.2) is 29.2 Å². The Morgan fingerprint density at radius 2 is 2.04 bits per heavy atom. The Bertz CT molecular complexity index is 997. The van der Waals surface area contributed by atoms with Crippen LogP contribution in [0, 0.1) is 10.1 Å². The van der Waals surface area contributed by atoms with Crippen molar-refractivity contribution < 1.29 is 24.4 Å². The molecule has 2 aromatic rings. The first kappa shape index (κ1) is 20.6. The minimum absolute atomic E-state index is 0.00978. The van der Waals surface area contributed by atoms with E-state index in [9.17, 15) is 29.6 Å². The molecule has 11 heteroatoms. The molecule has 0 amide bonds. The number of non-ortho nitro benzene ring substituents is 1. The van der Waals surface area contributed by atoms with E-state index in [1.807, 2.05) is 0 Å². The summed E-state index contributed by atoms with van der Waals surface area (Å²) in [5, 5.41) is 23.2. The lowest BCUT2D eigenvalue weighted by atomic mass is 10.1. The van der Waals surface area contributed by atoms with E-state index in [4.69, 9.17) is 0 Å². The van der Waals surface area contributed by atoms with E-state index in [0.29, 0.717) is 0 Å². The smallest absolute Gasteiger partial charge is 0.338 e. The summed E-state index contributed by atoms with van der Waals surface area (Å²) in [5.74, 6) is -2.16. The normalized spacial score (nSPS) is 10.6. The van der Waals surface area contributed by atoms with Crippen LogP contribution in [-0.4, -0.2) is 44.7 Å². The summed E-state index contributed by atoms with van der Waals surface area (Å²) < 4.78 is 5.51. The van der Waals surface area contributed by atoms with Gasteiger partial charge in [-0.1, -0.05) is 0 Å². The van der Waals surface area contributed by atoms with Crippen molar-refractivity contribution in [2.24, 2.45) is 0 Å². The number of hydrogen-bond acceptors (Lipinski definition) is 8. The Morgan fingerprint density at radius 3 is 2.57 bits per heavy atom. The Balaban J connectivity index is 2.75. The lowest BCUT2D eigenvalue weighted by Crippen LogP contribution is -2.30. The third-order valence-corrected chi connectivity index (χ3v) is 3.62. The number of benzene rings is 1. The van der Waals surface area contributed by atoms with Crippen molar-refractivity contribution in [1.29, 1.82) is 0 Å². The standard InChI is InChI=1S/C17H18N4O7/c1-9(2)19-15-16(24)20(8-14(22)23)13(7-18-15)10-4-11(17(25)28-3)6-12(5-10)21(26)27/h4-7,9H,8H2,1-3H3,(H,18,19)(H,22,23). The van der Waals surface area contributed by atoms with E-state index in [1.54, 1.807) is 13.8 Å². The van der Waals surface area contributed by atoms with E-state index in [2.05, 4.69) is 15.0 Å². The zero-order chi connectivity index (χ0) is 21.0. The first-order valence-electron chi connectivity index (χ1n) is 8.10. The summed E-state index contributed by atoms with van der Waals surface area (Å²) in [7, 11) is 1.12. The van der Waals surface area contributed by atoms with Crippen LogP contribution in [-0.2, 0) is 16.1 Å². The van der Waals surface area contributed by atoms with Crippen LogP contribution < -0.4 is 10.9 Å². The number of carboxylic acids is 1. The van der Waals surface area contributed by atoms with Gasteiger partial charge in [-0.25, -0.2) is 9.78 Å². The predicted molar refractivity (Wildman–Crippen MR) is 98.3 cm³/mol. The number of anilines is 1. The minimum atomic E-state index is -1.29. The minimum Gasteiger partial charge on any atom is -0.480 e. The molecule has 0 unspecified atom stereocenters. The number of esters is 1. The van der Waals surface area contributed by atoms with Crippen LogP contribution in [0.2, 0.25) is 0 Å². The molecule has 28 heavy (non-hydrogen) atoms. The number of nitro benzene ring substituents is 1. The molecule has 0 saturated heterocycles.